The van der Waals surface area contributed by atoms with Crippen molar-refractivity contribution in [1.82, 2.24) is 0 Å². The Labute approximate surface area is 429 Å². The fourth-order valence-electron chi connectivity index (χ4n) is 9.15. The van der Waals surface area contributed by atoms with Gasteiger partial charge in [0.15, 0.2) is 12.6 Å². The Morgan fingerprint density at radius 3 is 0.877 bits per heavy atom. The summed E-state index contributed by atoms with van der Waals surface area (Å²) < 4.78 is 75.9. The molecule has 9 rings (SSSR count). The number of hydrogen-bond donors (Lipinski definition) is 0. The van der Waals surface area contributed by atoms with Crippen molar-refractivity contribution < 1.29 is 52.1 Å². The lowest BCUT2D eigenvalue weighted by Crippen LogP contribution is -2.66. The highest BCUT2D eigenvalue weighted by atomic mass is 16.8. The second-order valence-electron chi connectivity index (χ2n) is 18.2. The van der Waals surface area contributed by atoms with Crippen LogP contribution in [-0.2, 0) is 98.4 Å². The lowest BCUT2D eigenvalue weighted by atomic mass is 9.95. The molecule has 2 aliphatic heterocycles. The quantitative estimate of drug-likeness (QED) is 0.0518. The summed E-state index contributed by atoms with van der Waals surface area (Å²) in [6.07, 6.45) is -8.16. The van der Waals surface area contributed by atoms with Gasteiger partial charge in [-0.05, 0) is 38.9 Å². The van der Waals surface area contributed by atoms with E-state index in [1.165, 1.54) is 0 Å². The van der Waals surface area contributed by atoms with Crippen LogP contribution in [-0.4, -0.2) is 81.7 Å². The van der Waals surface area contributed by atoms with Gasteiger partial charge in [-0.15, -0.1) is 0 Å². The molecule has 2 heterocycles. The van der Waals surface area contributed by atoms with E-state index in [-0.39, 0.29) is 46.2 Å². The van der Waals surface area contributed by atoms with Gasteiger partial charge in [0.1, 0.15) is 48.8 Å². The zero-order valence-electron chi connectivity index (χ0n) is 41.3. The van der Waals surface area contributed by atoms with E-state index in [0.29, 0.717) is 13.2 Å². The van der Waals surface area contributed by atoms with Crippen LogP contribution in [0.25, 0.3) is 0 Å². The Hall–Kier alpha value is -5.90. The van der Waals surface area contributed by atoms with Gasteiger partial charge in [-0.25, -0.2) is 0 Å². The highest BCUT2D eigenvalue weighted by Crippen LogP contribution is 2.37. The summed E-state index contributed by atoms with van der Waals surface area (Å²) in [6.45, 7) is 2.30. The molecule has 7 aromatic carbocycles. The molecule has 0 saturated carbocycles. The van der Waals surface area contributed by atoms with Crippen molar-refractivity contribution in [2.45, 2.75) is 108 Å². The Morgan fingerprint density at radius 1 is 0.288 bits per heavy atom. The molecule has 7 aromatic rings. The van der Waals surface area contributed by atoms with Gasteiger partial charge in [0.2, 0.25) is 0 Å². The molecule has 0 aromatic heterocycles. The van der Waals surface area contributed by atoms with Crippen molar-refractivity contribution in [3.05, 3.63) is 251 Å². The van der Waals surface area contributed by atoms with E-state index in [1.807, 2.05) is 212 Å². The highest BCUT2D eigenvalue weighted by Gasteiger charge is 2.54. The van der Waals surface area contributed by atoms with Crippen molar-refractivity contribution in [2.24, 2.45) is 0 Å². The number of ether oxygens (including phenoxy) is 11. The smallest absolute Gasteiger partial charge is 0.187 e. The first kappa shape index (κ1) is 52.0. The number of methoxy groups -OCH3 is 1. The molecule has 11 nitrogen and oxygen atoms in total. The van der Waals surface area contributed by atoms with E-state index < -0.39 is 61.4 Å². The van der Waals surface area contributed by atoms with Crippen LogP contribution in [0.5, 0.6) is 0 Å². The number of hydrogen-bond acceptors (Lipinski definition) is 11. The van der Waals surface area contributed by atoms with Crippen LogP contribution in [0.3, 0.4) is 0 Å². The third kappa shape index (κ3) is 15.3. The van der Waals surface area contributed by atoms with Crippen LogP contribution in [0, 0.1) is 0 Å². The molecule has 380 valence electrons. The third-order valence-corrected chi connectivity index (χ3v) is 12.9. The van der Waals surface area contributed by atoms with Crippen molar-refractivity contribution in [1.29, 1.82) is 0 Å². The fraction of sp³-hybridized carbons (Fsp3) is 0.323. The maximum atomic E-state index is 7.55. The summed E-state index contributed by atoms with van der Waals surface area (Å²) in [7, 11) is 1.61. The topological polar surface area (TPSA) is 102 Å². The van der Waals surface area contributed by atoms with E-state index in [0.717, 1.165) is 38.9 Å². The Balaban J connectivity index is 1.11. The fourth-order valence-corrected chi connectivity index (χ4v) is 9.15. The molecule has 73 heavy (non-hydrogen) atoms. The van der Waals surface area contributed by atoms with Crippen LogP contribution >= 0.6 is 0 Å². The lowest BCUT2D eigenvalue weighted by Gasteiger charge is -2.50. The van der Waals surface area contributed by atoms with Crippen LogP contribution in [0.15, 0.2) is 212 Å². The predicted octanol–water partition coefficient (Wildman–Crippen LogP) is 10.8. The minimum atomic E-state index is -1.09. The second kappa shape index (κ2) is 28.0. The molecule has 2 fully saturated rings. The molecule has 0 aliphatic carbocycles. The van der Waals surface area contributed by atoms with Gasteiger partial charge in [-0.2, -0.15) is 0 Å². The molecule has 2 saturated heterocycles. The molecule has 2 aliphatic rings. The molecule has 10 atom stereocenters. The van der Waals surface area contributed by atoms with Gasteiger partial charge in [0.05, 0.1) is 59.5 Å². The zero-order valence-corrected chi connectivity index (χ0v) is 41.3. The van der Waals surface area contributed by atoms with Gasteiger partial charge in [-0.1, -0.05) is 212 Å². The molecule has 0 bridgehead atoms. The minimum absolute atomic E-state index is 0.150. The number of benzene rings is 7. The van der Waals surface area contributed by atoms with Crippen LogP contribution in [0.1, 0.15) is 38.9 Å². The summed E-state index contributed by atoms with van der Waals surface area (Å²) in [5.74, 6) is 0. The zero-order chi connectivity index (χ0) is 49.7. The molecule has 0 spiro atoms. The summed E-state index contributed by atoms with van der Waals surface area (Å²) in [4.78, 5) is 0. The van der Waals surface area contributed by atoms with Crippen molar-refractivity contribution >= 4 is 0 Å². The maximum absolute atomic E-state index is 7.55. The molecular formula is C62H66O11. The van der Waals surface area contributed by atoms with Gasteiger partial charge in [-0.3, -0.25) is 0 Å². The molecule has 0 amide bonds. The van der Waals surface area contributed by atoms with Crippen LogP contribution < -0.4 is 0 Å². The summed E-state index contributed by atoms with van der Waals surface area (Å²) >= 11 is 0. The lowest BCUT2D eigenvalue weighted by molar-refractivity contribution is -0.377. The van der Waals surface area contributed by atoms with E-state index >= 15 is 0 Å². The molecular weight excluding hydrogens is 921 g/mol. The SMILES string of the molecule is CO[C@H]1O[C@H](COCc2ccccc2)[C@@H](OCc2ccccc2)[C@H](O[C@H]2O[C@H](COCc3ccccc3)[C@@H](OCc3ccccc3)[C@H](OCc3ccccc3)[C@H]2OCc2ccccc2)[C@H]1OCc1ccccc1. The van der Waals surface area contributed by atoms with Crippen LogP contribution in [0.4, 0.5) is 0 Å². The maximum Gasteiger partial charge on any atom is 0.187 e. The second-order valence-corrected chi connectivity index (χ2v) is 18.2. The average molecular weight is 987 g/mol. The molecule has 0 unspecified atom stereocenters. The highest BCUT2D eigenvalue weighted by molar-refractivity contribution is 5.19. The summed E-state index contributed by atoms with van der Waals surface area (Å²) in [5.41, 5.74) is 6.95. The first-order chi connectivity index (χ1) is 36.2. The first-order valence-corrected chi connectivity index (χ1v) is 25.2. The third-order valence-electron chi connectivity index (χ3n) is 12.9. The van der Waals surface area contributed by atoms with E-state index in [9.17, 15) is 0 Å². The van der Waals surface area contributed by atoms with E-state index in [2.05, 4.69) is 0 Å². The van der Waals surface area contributed by atoms with E-state index in [1.54, 1.807) is 7.11 Å². The Morgan fingerprint density at radius 2 is 0.548 bits per heavy atom. The Bertz CT molecular complexity index is 2560. The normalized spacial score (nSPS) is 24.0. The summed E-state index contributed by atoms with van der Waals surface area (Å²) in [5, 5.41) is 0. The monoisotopic (exact) mass is 986 g/mol. The minimum Gasteiger partial charge on any atom is -0.374 e. The van der Waals surface area contributed by atoms with Crippen molar-refractivity contribution in [3.8, 4) is 0 Å². The van der Waals surface area contributed by atoms with Crippen molar-refractivity contribution in [3.63, 3.8) is 0 Å². The molecule has 0 radical (unpaired) electrons. The largest absolute Gasteiger partial charge is 0.374 e. The molecule has 11 heteroatoms. The predicted molar refractivity (Wildman–Crippen MR) is 276 cm³/mol. The van der Waals surface area contributed by atoms with Crippen LogP contribution in [0.2, 0.25) is 0 Å². The van der Waals surface area contributed by atoms with E-state index in [4.69, 9.17) is 52.1 Å². The van der Waals surface area contributed by atoms with Crippen molar-refractivity contribution in [2.75, 3.05) is 20.3 Å². The summed E-state index contributed by atoms with van der Waals surface area (Å²) in [6, 6.07) is 70.4. The van der Waals surface area contributed by atoms with Gasteiger partial charge in [0.25, 0.3) is 0 Å². The average Bonchev–Trinajstić information content (AvgIpc) is 3.45. The standard InChI is InChI=1S/C62H66O11/c1-63-61-60(70-43-52-35-21-8-22-36-52)58(56(67-40-49-29-15-5-16-30-49)54(71-61)45-65-38-47-25-11-3-12-26-47)73-62-59(69-42-51-33-19-7-20-34-51)57(68-41-50-31-17-6-18-32-50)55(66-39-48-27-13-4-14-28-48)53(72-62)44-64-37-46-23-9-2-10-24-46/h2-36,53-62H,37-45H2,1H3/t53-,54-,55-,56-,57+,58+,59-,60-,61+,62-/m1/s1. The van der Waals surface area contributed by atoms with Gasteiger partial charge in [0, 0.05) is 7.11 Å². The van der Waals surface area contributed by atoms with Gasteiger partial charge >= 0.3 is 0 Å². The molecule has 0 N–H and O–H groups in total. The first-order valence-electron chi connectivity index (χ1n) is 25.2. The number of rotatable bonds is 26. The van der Waals surface area contributed by atoms with Gasteiger partial charge < -0.3 is 52.1 Å². The Kier molecular flexibility index (Phi) is 19.9.